The van der Waals surface area contributed by atoms with E-state index in [9.17, 15) is 18.0 Å². The number of hydrogen-bond donors (Lipinski definition) is 3. The molecule has 2 fully saturated rings. The third kappa shape index (κ3) is 7.81. The quantitative estimate of drug-likeness (QED) is 0.293. The number of likely N-dealkylation sites (tertiary alicyclic amines) is 1. The smallest absolute Gasteiger partial charge is 0.362 e. The van der Waals surface area contributed by atoms with E-state index in [0.29, 0.717) is 39.8 Å². The molecule has 224 valence electrons. The molecule has 2 aliphatic heterocycles. The van der Waals surface area contributed by atoms with Gasteiger partial charge in [-0.05, 0) is 55.8 Å². The van der Waals surface area contributed by atoms with Crippen molar-refractivity contribution in [2.24, 2.45) is 17.8 Å². The molecule has 1 aromatic carbocycles. The first-order valence-electron chi connectivity index (χ1n) is 13.8. The van der Waals surface area contributed by atoms with Gasteiger partial charge in [-0.3, -0.25) is 10.2 Å². The average Bonchev–Trinajstić information content (AvgIpc) is 2.87. The number of anilines is 2. The van der Waals surface area contributed by atoms with Gasteiger partial charge in [-0.2, -0.15) is 13.2 Å². The third-order valence-electron chi connectivity index (χ3n) is 7.76. The van der Waals surface area contributed by atoms with Crippen molar-refractivity contribution < 1.29 is 18.0 Å². The molecule has 4 rings (SSSR count). The number of hydrogen-bond acceptors (Lipinski definition) is 7. The molecule has 0 bridgehead atoms. The molecule has 0 saturated carbocycles. The summed E-state index contributed by atoms with van der Waals surface area (Å²) in [5, 5.41) is 14.5. The lowest BCUT2D eigenvalue weighted by Gasteiger charge is -2.47. The maximum Gasteiger partial charge on any atom is 0.434 e. The molecule has 0 radical (unpaired) electrons. The van der Waals surface area contributed by atoms with Crippen LogP contribution in [0, 0.1) is 23.2 Å². The molecule has 3 N–H and O–H groups in total. The number of benzene rings is 1. The van der Waals surface area contributed by atoms with Gasteiger partial charge in [-0.1, -0.05) is 43.1 Å². The second kappa shape index (κ2) is 13.1. The average molecular weight is 615 g/mol. The first-order valence-corrected chi connectivity index (χ1v) is 14.6. The Balaban J connectivity index is 1.42. The van der Waals surface area contributed by atoms with Crippen LogP contribution in [0.3, 0.4) is 0 Å². The van der Waals surface area contributed by atoms with Gasteiger partial charge in [-0.15, -0.1) is 0 Å². The predicted octanol–water partition coefficient (Wildman–Crippen LogP) is 5.81. The number of rotatable bonds is 10. The second-order valence-corrected chi connectivity index (χ2v) is 12.0. The van der Waals surface area contributed by atoms with E-state index in [1.54, 1.807) is 25.1 Å². The van der Waals surface area contributed by atoms with Gasteiger partial charge < -0.3 is 20.4 Å². The van der Waals surface area contributed by atoms with Gasteiger partial charge in [0.1, 0.15) is 11.5 Å². The Morgan fingerprint density at radius 2 is 1.90 bits per heavy atom. The number of carbonyl (C=O) groups is 1. The molecule has 2 saturated heterocycles. The lowest BCUT2D eigenvalue weighted by Crippen LogP contribution is -2.54. The van der Waals surface area contributed by atoms with E-state index < -0.39 is 23.6 Å². The van der Waals surface area contributed by atoms with Gasteiger partial charge in [0.05, 0.1) is 12.2 Å². The van der Waals surface area contributed by atoms with E-state index in [-0.39, 0.29) is 17.6 Å². The molecule has 0 aliphatic carbocycles. The zero-order valence-corrected chi connectivity index (χ0v) is 24.9. The Morgan fingerprint density at radius 1 is 1.17 bits per heavy atom. The molecule has 13 heteroatoms. The van der Waals surface area contributed by atoms with Gasteiger partial charge in [0.25, 0.3) is 0 Å². The standard InChI is InChI=1S/C28H36Cl2F3N7O/c1-16(2)27(41)35-8-10-39-9-4-5-18(13-39)19-14-40(15-19)23-12-36-24(25(34)28(31,32)33)26(38-23)37-17(3)21-7-6-20(29)11-22(21)30/h6-7,11-12,16-19,34H,4-5,8-10,13-15H2,1-3H3,(H,35,41)(H,37,38). The van der Waals surface area contributed by atoms with Crippen LogP contribution >= 0.6 is 23.2 Å². The normalized spacial score (nSPS) is 19.1. The van der Waals surface area contributed by atoms with Crippen LogP contribution in [0.15, 0.2) is 24.4 Å². The zero-order valence-electron chi connectivity index (χ0n) is 23.4. The minimum atomic E-state index is -4.87. The molecule has 2 aliphatic rings. The molecule has 0 spiro atoms. The minimum Gasteiger partial charge on any atom is -0.362 e. The molecule has 8 nitrogen and oxygen atoms in total. The summed E-state index contributed by atoms with van der Waals surface area (Å²) in [5.74, 6) is 1.29. The third-order valence-corrected chi connectivity index (χ3v) is 8.32. The Bertz CT molecular complexity index is 1250. The van der Waals surface area contributed by atoms with Crippen LogP contribution in [0.2, 0.25) is 10.0 Å². The highest BCUT2D eigenvalue weighted by Gasteiger charge is 2.40. The van der Waals surface area contributed by atoms with Crippen molar-refractivity contribution in [3.05, 3.63) is 45.7 Å². The van der Waals surface area contributed by atoms with Crippen LogP contribution in [0.5, 0.6) is 0 Å². The van der Waals surface area contributed by atoms with Crippen LogP contribution < -0.4 is 15.5 Å². The first kappa shape index (κ1) is 31.3. The number of nitrogens with one attached hydrogen (secondary N) is 3. The van der Waals surface area contributed by atoms with Crippen LogP contribution in [0.1, 0.15) is 50.9 Å². The minimum absolute atomic E-state index is 0.0320. The van der Waals surface area contributed by atoms with E-state index in [2.05, 4.69) is 25.5 Å². The monoisotopic (exact) mass is 613 g/mol. The van der Waals surface area contributed by atoms with E-state index in [1.807, 2.05) is 18.7 Å². The summed E-state index contributed by atoms with van der Waals surface area (Å²) < 4.78 is 40.4. The summed E-state index contributed by atoms with van der Waals surface area (Å²) in [6.07, 6.45) is -1.36. The van der Waals surface area contributed by atoms with Crippen LogP contribution in [-0.2, 0) is 4.79 Å². The number of alkyl halides is 3. The van der Waals surface area contributed by atoms with Crippen molar-refractivity contribution in [1.82, 2.24) is 20.2 Å². The summed E-state index contributed by atoms with van der Waals surface area (Å²) in [6, 6.07) is 4.38. The lowest BCUT2D eigenvalue weighted by molar-refractivity contribution is -0.124. The molecule has 3 heterocycles. The number of carbonyl (C=O) groups excluding carboxylic acids is 1. The van der Waals surface area contributed by atoms with Gasteiger partial charge in [0.15, 0.2) is 11.5 Å². The topological polar surface area (TPSA) is 97.2 Å². The number of aromatic nitrogens is 2. The van der Waals surface area contributed by atoms with Gasteiger partial charge in [-0.25, -0.2) is 9.97 Å². The number of amides is 1. The van der Waals surface area contributed by atoms with E-state index >= 15 is 0 Å². The Morgan fingerprint density at radius 3 is 2.56 bits per heavy atom. The SMILES string of the molecule is CC(C)C(=O)NCCN1CCCC(C2CN(c3cnc(C(=N)C(F)(F)F)c(NC(C)c4ccc(Cl)cc4Cl)n3)C2)C1. The zero-order chi connectivity index (χ0) is 29.9. The Labute approximate surface area is 248 Å². The van der Waals surface area contributed by atoms with Gasteiger partial charge in [0.2, 0.25) is 5.91 Å². The highest BCUT2D eigenvalue weighted by Crippen LogP contribution is 2.35. The number of piperidine rings is 1. The number of nitrogens with zero attached hydrogens (tertiary/aromatic N) is 4. The fourth-order valence-corrected chi connectivity index (χ4v) is 5.88. The maximum absolute atomic E-state index is 13.5. The maximum atomic E-state index is 13.5. The molecule has 2 aromatic rings. The summed E-state index contributed by atoms with van der Waals surface area (Å²) in [4.78, 5) is 24.8. The summed E-state index contributed by atoms with van der Waals surface area (Å²) in [5.41, 5.74) is -1.51. The molecule has 2 atom stereocenters. The van der Waals surface area contributed by atoms with E-state index in [1.165, 1.54) is 6.20 Å². The van der Waals surface area contributed by atoms with Crippen molar-refractivity contribution in [2.45, 2.75) is 45.8 Å². The fraction of sp³-hybridized carbons (Fsp3) is 0.571. The van der Waals surface area contributed by atoms with E-state index in [4.69, 9.17) is 28.6 Å². The molecule has 1 amide bonds. The van der Waals surface area contributed by atoms with E-state index in [0.717, 1.165) is 45.6 Å². The molecule has 2 unspecified atom stereocenters. The Hall–Kier alpha value is -2.63. The second-order valence-electron chi connectivity index (χ2n) is 11.1. The van der Waals surface area contributed by atoms with Crippen molar-refractivity contribution in [1.29, 1.82) is 5.41 Å². The summed E-state index contributed by atoms with van der Waals surface area (Å²) in [6.45, 7) is 10.4. The first-order chi connectivity index (χ1) is 19.3. The van der Waals surface area contributed by atoms with Crippen LogP contribution in [-0.4, -0.2) is 71.9 Å². The largest absolute Gasteiger partial charge is 0.434 e. The predicted molar refractivity (Wildman–Crippen MR) is 156 cm³/mol. The lowest BCUT2D eigenvalue weighted by atomic mass is 9.80. The van der Waals surface area contributed by atoms with Crippen LogP contribution in [0.4, 0.5) is 24.8 Å². The molecular formula is C28H36Cl2F3N7O. The van der Waals surface area contributed by atoms with Crippen LogP contribution in [0.25, 0.3) is 0 Å². The number of halogens is 5. The molecular weight excluding hydrogens is 578 g/mol. The van der Waals surface area contributed by atoms with Gasteiger partial charge >= 0.3 is 6.18 Å². The summed E-state index contributed by atoms with van der Waals surface area (Å²) >= 11 is 12.3. The highest BCUT2D eigenvalue weighted by molar-refractivity contribution is 6.35. The van der Waals surface area contributed by atoms with Crippen molar-refractivity contribution in [3.63, 3.8) is 0 Å². The Kier molecular flexibility index (Phi) is 10.0. The molecule has 1 aromatic heterocycles. The van der Waals surface area contributed by atoms with Crippen molar-refractivity contribution in [3.8, 4) is 0 Å². The van der Waals surface area contributed by atoms with Crippen molar-refractivity contribution >= 4 is 46.5 Å². The summed E-state index contributed by atoms with van der Waals surface area (Å²) in [7, 11) is 0. The van der Waals surface area contributed by atoms with Gasteiger partial charge in [0, 0.05) is 48.7 Å². The fourth-order valence-electron chi connectivity index (χ4n) is 5.30. The van der Waals surface area contributed by atoms with Crippen molar-refractivity contribution in [2.75, 3.05) is 49.5 Å². The highest BCUT2D eigenvalue weighted by atomic mass is 35.5. The molecule has 41 heavy (non-hydrogen) atoms.